The lowest BCUT2D eigenvalue weighted by molar-refractivity contribution is -0.362. The van der Waals surface area contributed by atoms with Gasteiger partial charge in [0.05, 0.1) is 0 Å². The van der Waals surface area contributed by atoms with E-state index in [0.717, 1.165) is 102 Å². The summed E-state index contributed by atoms with van der Waals surface area (Å²) in [5.74, 6) is -12.5. The average Bonchev–Trinajstić information content (AvgIpc) is 1.50. The second kappa shape index (κ2) is 22.4. The van der Waals surface area contributed by atoms with E-state index in [1.807, 2.05) is 74.2 Å². The summed E-state index contributed by atoms with van der Waals surface area (Å²) >= 11 is 0. The van der Waals surface area contributed by atoms with E-state index in [0.29, 0.717) is 71.0 Å². The summed E-state index contributed by atoms with van der Waals surface area (Å²) in [6.07, 6.45) is -5.15. The Labute approximate surface area is 497 Å². The zero-order valence-electron chi connectivity index (χ0n) is 49.9. The number of hydrogen-bond donors (Lipinski definition) is 3. The first-order chi connectivity index (χ1) is 40.2. The predicted octanol–water partition coefficient (Wildman–Crippen LogP) is 13.1. The summed E-state index contributed by atoms with van der Waals surface area (Å²) in [4.78, 5) is 43.7. The van der Waals surface area contributed by atoms with Crippen LogP contribution in [-0.2, 0) is 27.5 Å². The Morgan fingerprint density at radius 2 is 0.930 bits per heavy atom. The molecule has 19 heteroatoms. The number of aliphatic hydroxyl groups is 2. The molecule has 12 rings (SSSR count). The highest BCUT2D eigenvalue weighted by Gasteiger charge is 2.80. The summed E-state index contributed by atoms with van der Waals surface area (Å²) < 4.78 is 143. The number of nitrogens with one attached hydrogen (secondary N) is 1. The number of amides is 1. The molecule has 2 aliphatic heterocycles. The minimum absolute atomic E-state index is 0.00748. The minimum Gasteiger partial charge on any atom is -0.383 e. The smallest absolute Gasteiger partial charge is 0.383 e. The maximum atomic E-state index is 15.2. The van der Waals surface area contributed by atoms with Gasteiger partial charge in [-0.25, -0.2) is 0 Å². The predicted molar refractivity (Wildman–Crippen MR) is 305 cm³/mol. The number of fused-ring (bicyclic) bond motifs is 8. The first kappa shape index (κ1) is 62.9. The van der Waals surface area contributed by atoms with Crippen LogP contribution in [0.2, 0.25) is 0 Å². The molecule has 6 fully saturated rings. The van der Waals surface area contributed by atoms with Crippen molar-refractivity contribution in [3.05, 3.63) is 116 Å². The van der Waals surface area contributed by atoms with E-state index in [2.05, 4.69) is 15.1 Å². The molecule has 0 spiro atoms. The van der Waals surface area contributed by atoms with Crippen LogP contribution in [0.5, 0.6) is 0 Å². The van der Waals surface area contributed by atoms with Gasteiger partial charge in [0.1, 0.15) is 11.2 Å². The number of halogens is 10. The highest BCUT2D eigenvalue weighted by atomic mass is 19.4. The van der Waals surface area contributed by atoms with Crippen molar-refractivity contribution in [3.8, 4) is 0 Å². The lowest BCUT2D eigenvalue weighted by atomic mass is 9.50. The molecular weight excluding hydrogens is 1130 g/mol. The fourth-order valence-corrected chi connectivity index (χ4v) is 18.1. The molecule has 4 unspecified atom stereocenters. The number of allylic oxidation sites excluding steroid dienone is 8. The van der Waals surface area contributed by atoms with Gasteiger partial charge in [-0.15, -0.1) is 0 Å². The summed E-state index contributed by atoms with van der Waals surface area (Å²) in [7, 11) is 0. The van der Waals surface area contributed by atoms with Gasteiger partial charge in [0.15, 0.2) is 11.6 Å². The zero-order valence-corrected chi connectivity index (χ0v) is 49.9. The number of ketones is 2. The van der Waals surface area contributed by atoms with Crippen molar-refractivity contribution in [2.24, 2.45) is 39.9 Å². The fraction of sp³-hybridized carbons (Fsp3) is 0.657. The Morgan fingerprint density at radius 3 is 1.30 bits per heavy atom. The molecular formula is C67H82F10N4O5. The van der Waals surface area contributed by atoms with Crippen LogP contribution in [0.4, 0.5) is 43.9 Å². The van der Waals surface area contributed by atoms with Crippen LogP contribution in [0, 0.1) is 39.9 Å². The Morgan fingerprint density at radius 1 is 0.547 bits per heavy atom. The number of alkyl halides is 10. The van der Waals surface area contributed by atoms with E-state index in [-0.39, 0.29) is 55.0 Å². The Balaban J connectivity index is 0.000000180. The lowest BCUT2D eigenvalue weighted by Gasteiger charge is -2.56. The molecule has 0 aromatic heterocycles. The molecule has 2 saturated heterocycles. The molecule has 2 aromatic carbocycles. The van der Waals surface area contributed by atoms with Gasteiger partial charge in [-0.2, -0.15) is 43.9 Å². The fourth-order valence-electron chi connectivity index (χ4n) is 18.1. The molecule has 9 nitrogen and oxygen atoms in total. The second-order valence-corrected chi connectivity index (χ2v) is 28.3. The maximum Gasteiger partial charge on any atom is 0.456 e. The van der Waals surface area contributed by atoms with Crippen LogP contribution in [0.3, 0.4) is 0 Å². The quantitative estimate of drug-likeness (QED) is 0.224. The van der Waals surface area contributed by atoms with Gasteiger partial charge in [0.2, 0.25) is 5.91 Å². The van der Waals surface area contributed by atoms with E-state index >= 15 is 17.6 Å². The maximum absolute atomic E-state index is 15.2. The Kier molecular flexibility index (Phi) is 16.4. The number of carbonyl (C=O) groups excluding carboxylic acids is 3. The molecule has 470 valence electrons. The molecule has 0 radical (unpaired) electrons. The third-order valence-electron chi connectivity index (χ3n) is 22.6. The number of piperazine rings is 2. The van der Waals surface area contributed by atoms with Crippen LogP contribution in [0.15, 0.2) is 94.1 Å². The standard InChI is InChI=1S/C36H45F5N2O3.C31H37F5N2O2/c1-32(2,3)31(45)43-17-15-42(16-18-43)21-22-5-7-23(8-6-22)28-20-33(4)29(13-14-34(33,46)35(37,38)36(39,40)41)27-11-9-24-19-25(44)10-12-26(24)30(27)28;1-28-17-25(20-4-2-19(3-5-20)18-38-14-12-37-13-15-38)27-23-9-7-22(39)16-21(23)6-8-24(27)26(28)10-11-29(28,40)30(32,33)31(34,35)36/h5-8,19,27-29,46H,9-18,20-21H2,1-4H3;2-5,16,24-26,37,40H,6-15,17-18H2,1H3/t27?,28-,29?,33+,34+;24?,25-,26?,28+,29+/m11/s1. The highest BCUT2D eigenvalue weighted by Crippen LogP contribution is 2.72. The molecule has 0 bridgehead atoms. The molecule has 10 aliphatic rings. The third-order valence-corrected chi connectivity index (χ3v) is 22.6. The van der Waals surface area contributed by atoms with E-state index < -0.39 is 88.2 Å². The number of benzene rings is 2. The largest absolute Gasteiger partial charge is 0.456 e. The van der Waals surface area contributed by atoms with Crippen molar-refractivity contribution in [1.82, 2.24) is 20.0 Å². The SMILES string of the molecule is CC(C)(C)C(=O)N1CCN(Cc2ccc([C@H]3C[C@@]4(C)C(CC[C@@]4(O)C(F)(F)C(F)(F)F)C4CCC5=CC(=O)CCC5=C43)cc2)CC1.C[C@]12C[C@H](c3ccc(CN4CCNCC4)cc3)C3=C4CCC(=O)C=C4CCC3C1CC[C@@]2(O)C(F)(F)C(F)(F)F. The monoisotopic (exact) mass is 1210 g/mol. The van der Waals surface area contributed by atoms with Crippen molar-refractivity contribution < 1.29 is 68.5 Å². The molecule has 2 heterocycles. The second-order valence-electron chi connectivity index (χ2n) is 28.3. The minimum atomic E-state index is -5.87. The highest BCUT2D eigenvalue weighted by molar-refractivity contribution is 5.93. The van der Waals surface area contributed by atoms with Gasteiger partial charge in [-0.3, -0.25) is 24.2 Å². The Hall–Kier alpha value is -4.69. The van der Waals surface area contributed by atoms with Crippen LogP contribution >= 0.6 is 0 Å². The molecule has 2 aromatic rings. The van der Waals surface area contributed by atoms with Crippen molar-refractivity contribution in [2.75, 3.05) is 52.4 Å². The van der Waals surface area contributed by atoms with Gasteiger partial charge in [-0.05, 0) is 157 Å². The number of nitrogens with zero attached hydrogens (tertiary/aromatic N) is 3. The van der Waals surface area contributed by atoms with Crippen molar-refractivity contribution in [3.63, 3.8) is 0 Å². The first-order valence-electron chi connectivity index (χ1n) is 31.1. The van der Waals surface area contributed by atoms with Crippen molar-refractivity contribution in [1.29, 1.82) is 0 Å². The van der Waals surface area contributed by atoms with E-state index in [4.69, 9.17) is 0 Å². The van der Waals surface area contributed by atoms with Gasteiger partial charge in [0, 0.05) is 106 Å². The van der Waals surface area contributed by atoms with Crippen molar-refractivity contribution in [2.45, 2.75) is 185 Å². The van der Waals surface area contributed by atoms with Crippen LogP contribution in [0.1, 0.15) is 159 Å². The molecule has 8 aliphatic carbocycles. The molecule has 10 atom stereocenters. The van der Waals surface area contributed by atoms with Crippen LogP contribution < -0.4 is 5.32 Å². The van der Waals surface area contributed by atoms with Crippen LogP contribution in [0.25, 0.3) is 0 Å². The van der Waals surface area contributed by atoms with Gasteiger partial charge in [-0.1, -0.05) is 94.3 Å². The lowest BCUT2D eigenvalue weighted by Crippen LogP contribution is -2.65. The molecule has 86 heavy (non-hydrogen) atoms. The van der Waals surface area contributed by atoms with Crippen molar-refractivity contribution >= 4 is 17.5 Å². The molecule has 3 N–H and O–H groups in total. The normalized spacial score (nSPS) is 33.8. The zero-order chi connectivity index (χ0) is 62.0. The summed E-state index contributed by atoms with van der Waals surface area (Å²) in [5.41, 5.74) is 0.0167. The molecule has 4 saturated carbocycles. The first-order valence-corrected chi connectivity index (χ1v) is 31.1. The average molecular weight is 1210 g/mol. The van der Waals surface area contributed by atoms with Crippen LogP contribution in [-0.4, -0.2) is 130 Å². The van der Waals surface area contributed by atoms with Gasteiger partial charge in [0.25, 0.3) is 0 Å². The third kappa shape index (κ3) is 10.5. The topological polar surface area (TPSA) is 113 Å². The van der Waals surface area contributed by atoms with E-state index in [9.17, 15) is 50.9 Å². The summed E-state index contributed by atoms with van der Waals surface area (Å²) in [6.45, 7) is 16.7. The number of hydrogen-bond acceptors (Lipinski definition) is 8. The summed E-state index contributed by atoms with van der Waals surface area (Å²) in [6, 6.07) is 15.9. The Bertz CT molecular complexity index is 3090. The summed E-state index contributed by atoms with van der Waals surface area (Å²) in [5, 5.41) is 26.2. The van der Waals surface area contributed by atoms with Gasteiger partial charge >= 0.3 is 24.2 Å². The van der Waals surface area contributed by atoms with E-state index in [1.165, 1.54) is 13.8 Å². The number of rotatable bonds is 8. The number of carbonyl (C=O) groups is 3. The molecule has 1 amide bonds. The van der Waals surface area contributed by atoms with E-state index in [1.54, 1.807) is 12.2 Å². The van der Waals surface area contributed by atoms with Gasteiger partial charge < -0.3 is 20.4 Å².